The molecule has 0 saturated heterocycles. The Hall–Kier alpha value is -1.62. The first-order valence-electron chi connectivity index (χ1n) is 5.98. The van der Waals surface area contributed by atoms with Gasteiger partial charge in [0.1, 0.15) is 5.69 Å². The Morgan fingerprint density at radius 2 is 2.17 bits per heavy atom. The van der Waals surface area contributed by atoms with Crippen molar-refractivity contribution in [3.8, 4) is 0 Å². The van der Waals surface area contributed by atoms with E-state index in [-0.39, 0.29) is 24.0 Å². The second kappa shape index (κ2) is 5.82. The zero-order valence-corrected chi connectivity index (χ0v) is 11.1. The Balaban J connectivity index is 2.75. The highest BCUT2D eigenvalue weighted by Gasteiger charge is 2.26. The van der Waals surface area contributed by atoms with Crippen LogP contribution in [0.2, 0.25) is 0 Å². The number of aromatic nitrogens is 1. The third-order valence-electron chi connectivity index (χ3n) is 2.79. The summed E-state index contributed by atoms with van der Waals surface area (Å²) in [5, 5.41) is 11.9. The van der Waals surface area contributed by atoms with Gasteiger partial charge in [0.25, 0.3) is 5.91 Å². The average Bonchev–Trinajstić information content (AvgIpc) is 2.28. The summed E-state index contributed by atoms with van der Waals surface area (Å²) in [5.74, 6) is -0.247. The predicted octanol–water partition coefficient (Wildman–Crippen LogP) is 1.19. The zero-order chi connectivity index (χ0) is 13.8. The van der Waals surface area contributed by atoms with Crippen molar-refractivity contribution in [1.82, 2.24) is 10.3 Å². The number of aliphatic hydroxyl groups is 1. The molecule has 5 heteroatoms. The summed E-state index contributed by atoms with van der Waals surface area (Å²) in [6.45, 7) is 6.09. The average molecular weight is 251 g/mol. The highest BCUT2D eigenvalue weighted by atomic mass is 16.3. The van der Waals surface area contributed by atoms with Crippen molar-refractivity contribution in [3.63, 3.8) is 0 Å². The molecule has 0 aliphatic rings. The summed E-state index contributed by atoms with van der Waals surface area (Å²) < 4.78 is 0. The first kappa shape index (κ1) is 14.4. The van der Waals surface area contributed by atoms with Crippen LogP contribution in [0.25, 0.3) is 0 Å². The van der Waals surface area contributed by atoms with Crippen molar-refractivity contribution in [2.75, 3.05) is 12.3 Å². The standard InChI is InChI=1S/C13H21N3O2/c1-13(2,3)11(6-7-17)16-12(18)10-5-4-9(14)8-15-10/h4-5,8,11,17H,6-7,14H2,1-3H3,(H,16,18). The molecule has 4 N–H and O–H groups in total. The molecule has 1 heterocycles. The molecule has 1 aromatic rings. The normalized spacial score (nSPS) is 13.1. The second-order valence-corrected chi connectivity index (χ2v) is 5.38. The number of amides is 1. The van der Waals surface area contributed by atoms with E-state index in [2.05, 4.69) is 10.3 Å². The number of anilines is 1. The van der Waals surface area contributed by atoms with Crippen LogP contribution >= 0.6 is 0 Å². The molecule has 100 valence electrons. The zero-order valence-electron chi connectivity index (χ0n) is 11.1. The molecule has 0 bridgehead atoms. The maximum absolute atomic E-state index is 12.0. The number of pyridine rings is 1. The van der Waals surface area contributed by atoms with Crippen LogP contribution in [-0.2, 0) is 0 Å². The summed E-state index contributed by atoms with van der Waals surface area (Å²) in [5.41, 5.74) is 6.25. The minimum Gasteiger partial charge on any atom is -0.397 e. The minimum atomic E-state index is -0.247. The molecule has 1 rings (SSSR count). The van der Waals surface area contributed by atoms with Crippen LogP contribution in [0.3, 0.4) is 0 Å². The molecule has 1 amide bonds. The van der Waals surface area contributed by atoms with E-state index in [0.29, 0.717) is 17.8 Å². The number of hydrogen-bond acceptors (Lipinski definition) is 4. The summed E-state index contributed by atoms with van der Waals surface area (Å²) in [4.78, 5) is 16.0. The van der Waals surface area contributed by atoms with Gasteiger partial charge >= 0.3 is 0 Å². The number of hydrogen-bond donors (Lipinski definition) is 3. The maximum atomic E-state index is 12.0. The molecule has 0 aromatic carbocycles. The molecule has 1 aromatic heterocycles. The lowest BCUT2D eigenvalue weighted by Gasteiger charge is -2.31. The van der Waals surface area contributed by atoms with Gasteiger partial charge in [-0.3, -0.25) is 4.79 Å². The Labute approximate surface area is 107 Å². The van der Waals surface area contributed by atoms with E-state index in [1.54, 1.807) is 12.1 Å². The quantitative estimate of drug-likeness (QED) is 0.750. The largest absolute Gasteiger partial charge is 0.397 e. The van der Waals surface area contributed by atoms with Crippen molar-refractivity contribution in [1.29, 1.82) is 0 Å². The monoisotopic (exact) mass is 251 g/mol. The van der Waals surface area contributed by atoms with Gasteiger partial charge in [-0.05, 0) is 24.0 Å². The minimum absolute atomic E-state index is 0.0391. The molecule has 5 nitrogen and oxygen atoms in total. The number of nitrogens with zero attached hydrogens (tertiary/aromatic N) is 1. The number of aliphatic hydroxyl groups excluding tert-OH is 1. The number of rotatable bonds is 4. The molecule has 0 aliphatic carbocycles. The number of carbonyl (C=O) groups excluding carboxylic acids is 1. The topological polar surface area (TPSA) is 88.2 Å². The van der Waals surface area contributed by atoms with Crippen LogP contribution in [0.15, 0.2) is 18.3 Å². The maximum Gasteiger partial charge on any atom is 0.270 e. The van der Waals surface area contributed by atoms with E-state index in [1.165, 1.54) is 6.20 Å². The third-order valence-corrected chi connectivity index (χ3v) is 2.79. The lowest BCUT2D eigenvalue weighted by Crippen LogP contribution is -2.44. The molecular formula is C13H21N3O2. The smallest absolute Gasteiger partial charge is 0.270 e. The van der Waals surface area contributed by atoms with Crippen molar-refractivity contribution in [3.05, 3.63) is 24.0 Å². The lowest BCUT2D eigenvalue weighted by molar-refractivity contribution is 0.0880. The lowest BCUT2D eigenvalue weighted by atomic mass is 9.85. The SMILES string of the molecule is CC(C)(C)C(CCO)NC(=O)c1ccc(N)cn1. The summed E-state index contributed by atoms with van der Waals surface area (Å²) in [6, 6.07) is 3.12. The van der Waals surface area contributed by atoms with Gasteiger partial charge in [-0.25, -0.2) is 4.98 Å². The van der Waals surface area contributed by atoms with E-state index < -0.39 is 0 Å². The predicted molar refractivity (Wildman–Crippen MR) is 71.1 cm³/mol. The van der Waals surface area contributed by atoms with Gasteiger partial charge in [-0.15, -0.1) is 0 Å². The van der Waals surface area contributed by atoms with Crippen LogP contribution in [0.1, 0.15) is 37.7 Å². The molecule has 1 unspecified atom stereocenters. The van der Waals surface area contributed by atoms with Crippen LogP contribution in [0.4, 0.5) is 5.69 Å². The van der Waals surface area contributed by atoms with Gasteiger partial charge in [0.15, 0.2) is 0 Å². The van der Waals surface area contributed by atoms with Crippen molar-refractivity contribution in [2.45, 2.75) is 33.2 Å². The number of carbonyl (C=O) groups is 1. The van der Waals surface area contributed by atoms with Gasteiger partial charge in [0.05, 0.1) is 11.9 Å². The van der Waals surface area contributed by atoms with Gasteiger partial charge in [0, 0.05) is 12.6 Å². The summed E-state index contributed by atoms with van der Waals surface area (Å²) >= 11 is 0. The van der Waals surface area contributed by atoms with E-state index >= 15 is 0 Å². The Morgan fingerprint density at radius 3 is 2.61 bits per heavy atom. The molecule has 0 spiro atoms. The van der Waals surface area contributed by atoms with Crippen LogP contribution in [0.5, 0.6) is 0 Å². The molecule has 18 heavy (non-hydrogen) atoms. The highest BCUT2D eigenvalue weighted by Crippen LogP contribution is 2.21. The second-order valence-electron chi connectivity index (χ2n) is 5.38. The number of nitrogens with one attached hydrogen (secondary N) is 1. The number of nitrogens with two attached hydrogens (primary N) is 1. The van der Waals surface area contributed by atoms with Crippen molar-refractivity contribution >= 4 is 11.6 Å². The van der Waals surface area contributed by atoms with Gasteiger partial charge < -0.3 is 16.2 Å². The summed E-state index contributed by atoms with van der Waals surface area (Å²) in [6.07, 6.45) is 1.97. The highest BCUT2D eigenvalue weighted by molar-refractivity contribution is 5.92. The number of nitrogen functional groups attached to an aromatic ring is 1. The van der Waals surface area contributed by atoms with E-state index in [9.17, 15) is 4.79 Å². The van der Waals surface area contributed by atoms with E-state index in [1.807, 2.05) is 20.8 Å². The fraction of sp³-hybridized carbons (Fsp3) is 0.538. The Morgan fingerprint density at radius 1 is 1.50 bits per heavy atom. The summed E-state index contributed by atoms with van der Waals surface area (Å²) in [7, 11) is 0. The molecular weight excluding hydrogens is 230 g/mol. The molecule has 0 saturated carbocycles. The van der Waals surface area contributed by atoms with Crippen molar-refractivity contribution < 1.29 is 9.90 Å². The van der Waals surface area contributed by atoms with E-state index in [4.69, 9.17) is 10.8 Å². The molecule has 0 fully saturated rings. The van der Waals surface area contributed by atoms with Crippen LogP contribution in [0, 0.1) is 5.41 Å². The van der Waals surface area contributed by atoms with Gasteiger partial charge in [0.2, 0.25) is 0 Å². The van der Waals surface area contributed by atoms with Gasteiger partial charge in [-0.1, -0.05) is 20.8 Å². The molecule has 1 atom stereocenters. The Kier molecular flexibility index (Phi) is 4.67. The van der Waals surface area contributed by atoms with Crippen LogP contribution < -0.4 is 11.1 Å². The molecule has 0 aliphatic heterocycles. The van der Waals surface area contributed by atoms with E-state index in [0.717, 1.165) is 0 Å². The van der Waals surface area contributed by atoms with Crippen molar-refractivity contribution in [2.24, 2.45) is 5.41 Å². The Bertz CT molecular complexity index is 396. The first-order valence-corrected chi connectivity index (χ1v) is 5.98. The van der Waals surface area contributed by atoms with Crippen LogP contribution in [-0.4, -0.2) is 28.6 Å². The fourth-order valence-corrected chi connectivity index (χ4v) is 1.62. The third kappa shape index (κ3) is 4.00. The fourth-order valence-electron chi connectivity index (χ4n) is 1.62. The molecule has 0 radical (unpaired) electrons. The van der Waals surface area contributed by atoms with Gasteiger partial charge in [-0.2, -0.15) is 0 Å². The first-order chi connectivity index (χ1) is 8.34.